The lowest BCUT2D eigenvalue weighted by Crippen LogP contribution is -2.37. The van der Waals surface area contributed by atoms with E-state index in [0.717, 1.165) is 5.56 Å². The molecule has 0 spiro atoms. The minimum Gasteiger partial charge on any atom is -0.394 e. The standard InChI is InChI=1S/C14H16BrN3O2/c1-14(9-19,10-6-4-3-5-7-10)17-11-8-16-18(2)13(20)12(11)15/h3-8,17,19H,9H2,1-2H3. The minimum atomic E-state index is -0.697. The number of anilines is 1. The predicted molar refractivity (Wildman–Crippen MR) is 81.7 cm³/mol. The van der Waals surface area contributed by atoms with Crippen LogP contribution in [-0.2, 0) is 12.6 Å². The van der Waals surface area contributed by atoms with Crippen LogP contribution >= 0.6 is 15.9 Å². The van der Waals surface area contributed by atoms with Crippen LogP contribution in [0.3, 0.4) is 0 Å². The van der Waals surface area contributed by atoms with Crippen LogP contribution in [0.25, 0.3) is 0 Å². The number of nitrogens with zero attached hydrogens (tertiary/aromatic N) is 2. The highest BCUT2D eigenvalue weighted by molar-refractivity contribution is 9.10. The third-order valence-electron chi connectivity index (χ3n) is 3.22. The van der Waals surface area contributed by atoms with Crippen molar-refractivity contribution < 1.29 is 5.11 Å². The van der Waals surface area contributed by atoms with Crippen molar-refractivity contribution in [2.45, 2.75) is 12.5 Å². The number of hydrogen-bond donors (Lipinski definition) is 2. The summed E-state index contributed by atoms with van der Waals surface area (Å²) in [5.74, 6) is 0. The molecular weight excluding hydrogens is 322 g/mol. The van der Waals surface area contributed by atoms with Gasteiger partial charge in [-0.3, -0.25) is 4.79 Å². The first-order valence-electron chi connectivity index (χ1n) is 6.14. The maximum absolute atomic E-state index is 11.9. The first-order valence-corrected chi connectivity index (χ1v) is 6.93. The van der Waals surface area contributed by atoms with Crippen molar-refractivity contribution in [2.24, 2.45) is 7.05 Å². The maximum atomic E-state index is 11.9. The molecule has 1 aromatic heterocycles. The number of nitrogens with one attached hydrogen (secondary N) is 1. The maximum Gasteiger partial charge on any atom is 0.282 e. The molecule has 1 heterocycles. The molecule has 0 aliphatic rings. The molecule has 0 radical (unpaired) electrons. The summed E-state index contributed by atoms with van der Waals surface area (Å²) >= 11 is 3.27. The van der Waals surface area contributed by atoms with Crippen LogP contribution in [0.15, 0.2) is 45.8 Å². The highest BCUT2D eigenvalue weighted by atomic mass is 79.9. The van der Waals surface area contributed by atoms with E-state index in [-0.39, 0.29) is 12.2 Å². The van der Waals surface area contributed by atoms with Gasteiger partial charge in [0.1, 0.15) is 4.47 Å². The number of aryl methyl sites for hydroxylation is 1. The summed E-state index contributed by atoms with van der Waals surface area (Å²) in [5.41, 5.74) is 0.546. The summed E-state index contributed by atoms with van der Waals surface area (Å²) in [6.07, 6.45) is 1.56. The van der Waals surface area contributed by atoms with Gasteiger partial charge in [-0.1, -0.05) is 30.3 Å². The molecule has 6 heteroatoms. The largest absolute Gasteiger partial charge is 0.394 e. The lowest BCUT2D eigenvalue weighted by Gasteiger charge is -2.30. The van der Waals surface area contributed by atoms with Crippen molar-refractivity contribution in [3.8, 4) is 0 Å². The normalized spacial score (nSPS) is 13.8. The van der Waals surface area contributed by atoms with Gasteiger partial charge in [-0.05, 0) is 28.4 Å². The molecule has 0 saturated carbocycles. The van der Waals surface area contributed by atoms with Crippen LogP contribution in [0.1, 0.15) is 12.5 Å². The fraction of sp³-hybridized carbons (Fsp3) is 0.286. The first-order chi connectivity index (χ1) is 9.48. The van der Waals surface area contributed by atoms with E-state index in [4.69, 9.17) is 0 Å². The Morgan fingerprint density at radius 3 is 2.65 bits per heavy atom. The molecule has 1 atom stereocenters. The van der Waals surface area contributed by atoms with Crippen LogP contribution in [0.4, 0.5) is 5.69 Å². The van der Waals surface area contributed by atoms with Gasteiger partial charge in [-0.15, -0.1) is 0 Å². The average Bonchev–Trinajstić information content (AvgIpc) is 2.48. The number of benzene rings is 1. The van der Waals surface area contributed by atoms with E-state index in [1.165, 1.54) is 4.68 Å². The Hall–Kier alpha value is -1.66. The Balaban J connectivity index is 2.41. The molecule has 20 heavy (non-hydrogen) atoms. The van der Waals surface area contributed by atoms with Crippen molar-refractivity contribution in [1.29, 1.82) is 0 Å². The summed E-state index contributed by atoms with van der Waals surface area (Å²) in [5, 5.41) is 16.9. The fourth-order valence-corrected chi connectivity index (χ4v) is 2.36. The molecule has 1 aromatic carbocycles. The summed E-state index contributed by atoms with van der Waals surface area (Å²) in [4.78, 5) is 11.9. The third-order valence-corrected chi connectivity index (χ3v) is 3.98. The molecule has 106 valence electrons. The van der Waals surface area contributed by atoms with Crippen molar-refractivity contribution >= 4 is 21.6 Å². The van der Waals surface area contributed by atoms with Crippen molar-refractivity contribution in [2.75, 3.05) is 11.9 Å². The summed E-state index contributed by atoms with van der Waals surface area (Å²) in [6.45, 7) is 1.75. The van der Waals surface area contributed by atoms with Gasteiger partial charge >= 0.3 is 0 Å². The average molecular weight is 338 g/mol. The molecule has 0 fully saturated rings. The van der Waals surface area contributed by atoms with Crippen LogP contribution in [0.5, 0.6) is 0 Å². The van der Waals surface area contributed by atoms with Gasteiger partial charge in [0, 0.05) is 7.05 Å². The molecule has 0 aliphatic carbocycles. The van der Waals surface area contributed by atoms with Gasteiger partial charge in [0.25, 0.3) is 5.56 Å². The van der Waals surface area contributed by atoms with Crippen LogP contribution < -0.4 is 10.9 Å². The van der Waals surface area contributed by atoms with Gasteiger partial charge < -0.3 is 10.4 Å². The topological polar surface area (TPSA) is 67.2 Å². The molecule has 2 aromatic rings. The SMILES string of the molecule is Cn1ncc(NC(C)(CO)c2ccccc2)c(Br)c1=O. The Kier molecular flexibility index (Phi) is 4.25. The smallest absolute Gasteiger partial charge is 0.282 e. The molecule has 2 N–H and O–H groups in total. The van der Waals surface area contributed by atoms with Gasteiger partial charge in [0.2, 0.25) is 0 Å². The van der Waals surface area contributed by atoms with Crippen molar-refractivity contribution in [3.63, 3.8) is 0 Å². The van der Waals surface area contributed by atoms with Crippen LogP contribution in [0, 0.1) is 0 Å². The van der Waals surface area contributed by atoms with Crippen molar-refractivity contribution in [1.82, 2.24) is 9.78 Å². The summed E-state index contributed by atoms with van der Waals surface area (Å²) < 4.78 is 1.64. The number of aromatic nitrogens is 2. The fourth-order valence-electron chi connectivity index (χ4n) is 1.90. The molecule has 1 unspecified atom stereocenters. The quantitative estimate of drug-likeness (QED) is 0.893. The minimum absolute atomic E-state index is 0.112. The van der Waals surface area contributed by atoms with E-state index in [1.807, 2.05) is 37.3 Å². The molecule has 0 bridgehead atoms. The van der Waals surface area contributed by atoms with Gasteiger partial charge in [-0.2, -0.15) is 5.10 Å². The van der Waals surface area contributed by atoms with E-state index in [9.17, 15) is 9.90 Å². The molecule has 0 aliphatic heterocycles. The van der Waals surface area contributed by atoms with E-state index in [1.54, 1.807) is 13.2 Å². The summed E-state index contributed by atoms with van der Waals surface area (Å²) in [7, 11) is 1.58. The lowest BCUT2D eigenvalue weighted by atomic mass is 9.92. The Morgan fingerprint density at radius 1 is 1.40 bits per heavy atom. The number of aliphatic hydroxyl groups is 1. The molecule has 0 saturated heterocycles. The van der Waals surface area contributed by atoms with Gasteiger partial charge in [-0.25, -0.2) is 4.68 Å². The highest BCUT2D eigenvalue weighted by Gasteiger charge is 2.26. The van der Waals surface area contributed by atoms with Crippen LogP contribution in [0.2, 0.25) is 0 Å². The predicted octanol–water partition coefficient (Wildman–Crippen LogP) is 1.86. The molecular formula is C14H16BrN3O2. The molecule has 2 rings (SSSR count). The van der Waals surface area contributed by atoms with Gasteiger partial charge in [0.05, 0.1) is 24.0 Å². The van der Waals surface area contributed by atoms with Crippen LogP contribution in [-0.4, -0.2) is 21.5 Å². The first kappa shape index (κ1) is 14.7. The second-order valence-corrected chi connectivity index (χ2v) is 5.58. The number of hydrogen-bond acceptors (Lipinski definition) is 4. The second-order valence-electron chi connectivity index (χ2n) is 4.78. The summed E-state index contributed by atoms with van der Waals surface area (Å²) in [6, 6.07) is 9.57. The number of rotatable bonds is 4. The van der Waals surface area contributed by atoms with E-state index < -0.39 is 5.54 Å². The highest BCUT2D eigenvalue weighted by Crippen LogP contribution is 2.28. The zero-order valence-electron chi connectivity index (χ0n) is 11.3. The monoisotopic (exact) mass is 337 g/mol. The Bertz CT molecular complexity index is 657. The van der Waals surface area contributed by atoms with E-state index in [2.05, 4.69) is 26.3 Å². The van der Waals surface area contributed by atoms with Gasteiger partial charge in [0.15, 0.2) is 0 Å². The van der Waals surface area contributed by atoms with E-state index in [0.29, 0.717) is 10.2 Å². The number of halogens is 1. The zero-order chi connectivity index (χ0) is 14.8. The second kappa shape index (κ2) is 5.76. The zero-order valence-corrected chi connectivity index (χ0v) is 12.9. The Labute approximate surface area is 125 Å². The number of aliphatic hydroxyl groups excluding tert-OH is 1. The van der Waals surface area contributed by atoms with E-state index >= 15 is 0 Å². The Morgan fingerprint density at radius 2 is 2.05 bits per heavy atom. The third kappa shape index (κ3) is 2.76. The lowest BCUT2D eigenvalue weighted by molar-refractivity contribution is 0.224. The molecule has 5 nitrogen and oxygen atoms in total. The van der Waals surface area contributed by atoms with Crippen molar-refractivity contribution in [3.05, 3.63) is 56.9 Å². The molecule has 0 amide bonds.